The maximum atomic E-state index is 12.0. The van der Waals surface area contributed by atoms with Crippen LogP contribution in [-0.4, -0.2) is 32.6 Å². The molecule has 1 aliphatic rings. The maximum absolute atomic E-state index is 12.0. The van der Waals surface area contributed by atoms with Crippen molar-refractivity contribution in [1.29, 1.82) is 0 Å². The van der Waals surface area contributed by atoms with Gasteiger partial charge in [-0.15, -0.1) is 0 Å². The number of nitrogens with two attached hydrogens (primary N) is 1. The van der Waals surface area contributed by atoms with Gasteiger partial charge in [0.05, 0.1) is 16.9 Å². The highest BCUT2D eigenvalue weighted by molar-refractivity contribution is 7.90. The molecule has 0 atom stereocenters. The van der Waals surface area contributed by atoms with Crippen molar-refractivity contribution >= 4 is 27.6 Å². The Hall–Kier alpha value is -1.80. The predicted molar refractivity (Wildman–Crippen MR) is 71.3 cm³/mol. The smallest absolute Gasteiger partial charge is 0.335 e. The van der Waals surface area contributed by atoms with Crippen molar-refractivity contribution in [2.75, 3.05) is 17.1 Å². The molecule has 1 aliphatic carbocycles. The molecule has 0 amide bonds. The van der Waals surface area contributed by atoms with Gasteiger partial charge in [-0.1, -0.05) is 0 Å². The highest BCUT2D eigenvalue weighted by atomic mass is 32.2. The number of nitrogens with one attached hydrogen (secondary N) is 1. The number of carbonyl (C=O) groups is 1. The summed E-state index contributed by atoms with van der Waals surface area (Å²) in [7, 11) is -2.28. The van der Waals surface area contributed by atoms with Gasteiger partial charge in [0.15, 0.2) is 0 Å². The SMILES string of the molecule is CN(c1ccc(C(=O)O)cc1N)S(=O)(=O)NC1CC1. The molecule has 7 nitrogen and oxygen atoms in total. The van der Waals surface area contributed by atoms with Gasteiger partial charge in [-0.05, 0) is 31.0 Å². The Labute approximate surface area is 111 Å². The zero-order chi connectivity index (χ0) is 14.2. The first-order valence-corrected chi connectivity index (χ1v) is 7.14. The van der Waals surface area contributed by atoms with Crippen molar-refractivity contribution in [1.82, 2.24) is 4.72 Å². The van der Waals surface area contributed by atoms with Crippen LogP contribution in [0, 0.1) is 0 Å². The molecular weight excluding hydrogens is 270 g/mol. The fourth-order valence-corrected chi connectivity index (χ4v) is 2.83. The van der Waals surface area contributed by atoms with Gasteiger partial charge < -0.3 is 10.8 Å². The fourth-order valence-electron chi connectivity index (χ4n) is 1.59. The first-order valence-electron chi connectivity index (χ1n) is 5.70. The molecule has 0 radical (unpaired) electrons. The van der Waals surface area contributed by atoms with Gasteiger partial charge >= 0.3 is 16.2 Å². The Balaban J connectivity index is 2.27. The number of nitrogen functional groups attached to an aromatic ring is 1. The Morgan fingerprint density at radius 2 is 2.11 bits per heavy atom. The normalized spacial score (nSPS) is 15.2. The fraction of sp³-hybridized carbons (Fsp3) is 0.364. The third-order valence-electron chi connectivity index (χ3n) is 2.87. The molecule has 104 valence electrons. The molecule has 1 aromatic carbocycles. The molecule has 0 aliphatic heterocycles. The Bertz CT molecular complexity index is 610. The molecule has 0 bridgehead atoms. The Morgan fingerprint density at radius 1 is 1.47 bits per heavy atom. The summed E-state index contributed by atoms with van der Waals surface area (Å²) in [5, 5.41) is 8.83. The summed E-state index contributed by atoms with van der Waals surface area (Å²) in [5.41, 5.74) is 6.07. The van der Waals surface area contributed by atoms with Gasteiger partial charge in [0.2, 0.25) is 0 Å². The quantitative estimate of drug-likeness (QED) is 0.678. The van der Waals surface area contributed by atoms with E-state index in [4.69, 9.17) is 10.8 Å². The van der Waals surface area contributed by atoms with Crippen LogP contribution in [0.3, 0.4) is 0 Å². The third kappa shape index (κ3) is 2.96. The molecule has 0 unspecified atom stereocenters. The van der Waals surface area contributed by atoms with Gasteiger partial charge in [0, 0.05) is 13.1 Å². The van der Waals surface area contributed by atoms with E-state index in [0.29, 0.717) is 0 Å². The summed E-state index contributed by atoms with van der Waals surface area (Å²) >= 11 is 0. The molecule has 0 spiro atoms. The lowest BCUT2D eigenvalue weighted by molar-refractivity contribution is 0.0697. The molecule has 19 heavy (non-hydrogen) atoms. The van der Waals surface area contributed by atoms with E-state index in [2.05, 4.69) is 4.72 Å². The van der Waals surface area contributed by atoms with Gasteiger partial charge in [0.25, 0.3) is 0 Å². The average molecular weight is 285 g/mol. The summed E-state index contributed by atoms with van der Waals surface area (Å²) < 4.78 is 27.5. The van der Waals surface area contributed by atoms with E-state index in [1.807, 2.05) is 0 Å². The van der Waals surface area contributed by atoms with Crippen molar-refractivity contribution in [3.63, 3.8) is 0 Å². The Kier molecular flexibility index (Phi) is 3.38. The molecular formula is C11H15N3O4S. The number of carboxylic acids is 1. The highest BCUT2D eigenvalue weighted by Crippen LogP contribution is 2.27. The predicted octanol–water partition coefficient (Wildman–Crippen LogP) is 0.400. The van der Waals surface area contributed by atoms with E-state index in [1.54, 1.807) is 0 Å². The minimum Gasteiger partial charge on any atom is -0.478 e. The molecule has 0 aromatic heterocycles. The third-order valence-corrected chi connectivity index (χ3v) is 4.42. The van der Waals surface area contributed by atoms with E-state index in [-0.39, 0.29) is 23.0 Å². The van der Waals surface area contributed by atoms with E-state index in [0.717, 1.165) is 17.1 Å². The second-order valence-corrected chi connectivity index (χ2v) is 6.18. The maximum Gasteiger partial charge on any atom is 0.335 e. The first-order chi connectivity index (χ1) is 8.81. The molecule has 0 saturated heterocycles. The number of nitrogens with zero attached hydrogens (tertiary/aromatic N) is 1. The van der Waals surface area contributed by atoms with E-state index < -0.39 is 16.2 Å². The monoisotopic (exact) mass is 285 g/mol. The standard InChI is InChI=1S/C11H15N3O4S/c1-14(19(17,18)13-8-3-4-8)10-5-2-7(11(15)16)6-9(10)12/h2,5-6,8,13H,3-4,12H2,1H3,(H,15,16). The van der Waals surface area contributed by atoms with Crippen molar-refractivity contribution in [3.8, 4) is 0 Å². The van der Waals surface area contributed by atoms with Gasteiger partial charge in [-0.25, -0.2) is 4.79 Å². The van der Waals surface area contributed by atoms with Crippen LogP contribution in [0.25, 0.3) is 0 Å². The van der Waals surface area contributed by atoms with Crippen molar-refractivity contribution < 1.29 is 18.3 Å². The number of rotatable bonds is 5. The van der Waals surface area contributed by atoms with E-state index >= 15 is 0 Å². The van der Waals surface area contributed by atoms with Gasteiger partial charge in [0.1, 0.15) is 0 Å². The molecule has 2 rings (SSSR count). The van der Waals surface area contributed by atoms with Crippen LogP contribution in [-0.2, 0) is 10.2 Å². The van der Waals surface area contributed by atoms with Gasteiger partial charge in [-0.3, -0.25) is 4.31 Å². The molecule has 4 N–H and O–H groups in total. The van der Waals surface area contributed by atoms with Crippen molar-refractivity contribution in [2.45, 2.75) is 18.9 Å². The summed E-state index contributed by atoms with van der Waals surface area (Å²) in [6.45, 7) is 0. The molecule has 8 heteroatoms. The number of hydrogen-bond acceptors (Lipinski definition) is 4. The van der Waals surface area contributed by atoms with Crippen LogP contribution < -0.4 is 14.8 Å². The molecule has 0 heterocycles. The number of benzene rings is 1. The zero-order valence-corrected chi connectivity index (χ0v) is 11.1. The lowest BCUT2D eigenvalue weighted by Crippen LogP contribution is -2.39. The van der Waals surface area contributed by atoms with Crippen LogP contribution in [0.4, 0.5) is 11.4 Å². The topological polar surface area (TPSA) is 113 Å². The second-order valence-electron chi connectivity index (χ2n) is 4.44. The van der Waals surface area contributed by atoms with Crippen LogP contribution >= 0.6 is 0 Å². The first kappa shape index (κ1) is 13.6. The van der Waals surface area contributed by atoms with Crippen LogP contribution in [0.1, 0.15) is 23.2 Å². The van der Waals surface area contributed by atoms with Gasteiger partial charge in [-0.2, -0.15) is 13.1 Å². The van der Waals surface area contributed by atoms with Crippen LogP contribution in [0.5, 0.6) is 0 Å². The second kappa shape index (κ2) is 4.71. The lowest BCUT2D eigenvalue weighted by Gasteiger charge is -2.21. The lowest BCUT2D eigenvalue weighted by atomic mass is 10.2. The number of anilines is 2. The highest BCUT2D eigenvalue weighted by Gasteiger charge is 2.30. The Morgan fingerprint density at radius 3 is 2.58 bits per heavy atom. The minimum absolute atomic E-state index is 0.00744. The molecule has 1 fully saturated rings. The zero-order valence-electron chi connectivity index (χ0n) is 10.3. The summed E-state index contributed by atoms with van der Waals surface area (Å²) in [6, 6.07) is 3.93. The number of hydrogen-bond donors (Lipinski definition) is 3. The van der Waals surface area contributed by atoms with Crippen LogP contribution in [0.15, 0.2) is 18.2 Å². The average Bonchev–Trinajstić information content (AvgIpc) is 3.11. The van der Waals surface area contributed by atoms with Crippen molar-refractivity contribution in [3.05, 3.63) is 23.8 Å². The number of carboxylic acid groups (broad SMARTS) is 1. The molecule has 1 aromatic rings. The summed E-state index contributed by atoms with van der Waals surface area (Å²) in [4.78, 5) is 10.8. The van der Waals surface area contributed by atoms with E-state index in [1.165, 1.54) is 25.2 Å². The number of aromatic carboxylic acids is 1. The summed E-state index contributed by atoms with van der Waals surface area (Å²) in [5.74, 6) is -1.11. The van der Waals surface area contributed by atoms with E-state index in [9.17, 15) is 13.2 Å². The van der Waals surface area contributed by atoms with Crippen LogP contribution in [0.2, 0.25) is 0 Å². The van der Waals surface area contributed by atoms with Crippen molar-refractivity contribution in [2.24, 2.45) is 0 Å². The molecule has 1 saturated carbocycles. The largest absolute Gasteiger partial charge is 0.478 e. The summed E-state index contributed by atoms with van der Waals surface area (Å²) in [6.07, 6.45) is 1.67. The minimum atomic E-state index is -3.65.